The number of piperidine rings is 1. The highest BCUT2D eigenvalue weighted by Crippen LogP contribution is 2.22. The van der Waals surface area contributed by atoms with Gasteiger partial charge in [0.1, 0.15) is 6.04 Å². The zero-order valence-corrected chi connectivity index (χ0v) is 22.3. The number of hydrogen-bond donors (Lipinski definition) is 5. The molecule has 2 atom stereocenters. The molecule has 2 heterocycles. The maximum Gasteiger partial charge on any atom is 0.354 e. The number of benzene rings is 2. The molecule has 1 aliphatic heterocycles. The number of nitrogens with two attached hydrogens (primary N) is 1. The molecule has 0 radical (unpaired) electrons. The van der Waals surface area contributed by atoms with E-state index in [0.717, 1.165) is 16.0 Å². The summed E-state index contributed by atoms with van der Waals surface area (Å²) in [6, 6.07) is 12.4. The molecule has 1 aliphatic rings. The fraction of sp³-hybridized carbons (Fsp3) is 0.308. The third-order valence-corrected chi connectivity index (χ3v) is 7.36. The number of amidine groups is 1. The van der Waals surface area contributed by atoms with E-state index in [1.165, 1.54) is 24.3 Å². The Hall–Kier alpha value is -4.56. The molecular formula is C26H28N6O7S. The molecule has 1 saturated heterocycles. The molecule has 40 heavy (non-hydrogen) atoms. The first-order chi connectivity index (χ1) is 19.2. The van der Waals surface area contributed by atoms with E-state index in [0.29, 0.717) is 29.5 Å². The summed E-state index contributed by atoms with van der Waals surface area (Å²) in [5, 5.41) is 26.4. The van der Waals surface area contributed by atoms with Gasteiger partial charge in [0.25, 0.3) is 11.8 Å². The maximum absolute atomic E-state index is 12.9. The van der Waals surface area contributed by atoms with Gasteiger partial charge in [0, 0.05) is 24.2 Å². The number of nitrogens with zero attached hydrogens (tertiary/aromatic N) is 3. The molecular weight excluding hydrogens is 540 g/mol. The van der Waals surface area contributed by atoms with Crippen LogP contribution in [0.3, 0.4) is 0 Å². The van der Waals surface area contributed by atoms with Crippen molar-refractivity contribution >= 4 is 51.1 Å². The van der Waals surface area contributed by atoms with Crippen molar-refractivity contribution in [3.63, 3.8) is 0 Å². The van der Waals surface area contributed by atoms with Crippen LogP contribution >= 0.6 is 11.3 Å². The minimum atomic E-state index is -1.57. The van der Waals surface area contributed by atoms with Crippen LogP contribution in [0.4, 0.5) is 0 Å². The number of carboxylic acids is 1. The van der Waals surface area contributed by atoms with Crippen molar-refractivity contribution in [3.8, 4) is 0 Å². The van der Waals surface area contributed by atoms with Crippen LogP contribution in [0.1, 0.15) is 45.5 Å². The molecule has 2 unspecified atom stereocenters. The van der Waals surface area contributed by atoms with Crippen LogP contribution in [-0.4, -0.2) is 81.2 Å². The number of carbonyl (C=O) groups is 4. The van der Waals surface area contributed by atoms with Gasteiger partial charge in [-0.3, -0.25) is 14.4 Å². The average Bonchev–Trinajstić information content (AvgIpc) is 3.41. The maximum atomic E-state index is 12.9. The third-order valence-electron chi connectivity index (χ3n) is 6.33. The molecule has 3 aromatic rings. The standard InChI is InChI=1S/C26H28N6O7S/c1-14(28-21(33)16-8-6-15(7-9-16)20(27)31-38)25(35)32-12-10-17(11-13-32)39-23(26(36)37)30-22(34)24-29-18-4-2-3-5-19(18)40-24/h2-9,14,17,23,38H,10-13H2,1H3,(H2,27,31)(H,28,33)(H,30,34)(H,36,37). The van der Waals surface area contributed by atoms with Gasteiger partial charge in [0.05, 0.1) is 16.3 Å². The molecule has 0 bridgehead atoms. The highest BCUT2D eigenvalue weighted by molar-refractivity contribution is 7.20. The molecule has 4 rings (SSSR count). The third kappa shape index (κ3) is 6.71. The van der Waals surface area contributed by atoms with Crippen molar-refractivity contribution in [2.75, 3.05) is 13.1 Å². The second-order valence-electron chi connectivity index (χ2n) is 9.10. The minimum absolute atomic E-state index is 0.0897. The fourth-order valence-corrected chi connectivity index (χ4v) is 5.04. The molecule has 210 valence electrons. The number of likely N-dealkylation sites (tertiary alicyclic amines) is 1. The van der Waals surface area contributed by atoms with E-state index in [9.17, 15) is 24.3 Å². The first-order valence-corrected chi connectivity index (χ1v) is 13.2. The number of amides is 3. The lowest BCUT2D eigenvalue weighted by Crippen LogP contribution is -2.51. The number of thiazole rings is 1. The van der Waals surface area contributed by atoms with Gasteiger partial charge in [0.15, 0.2) is 10.8 Å². The first kappa shape index (κ1) is 28.4. The van der Waals surface area contributed by atoms with Crippen LogP contribution in [0, 0.1) is 0 Å². The number of oxime groups is 1. The van der Waals surface area contributed by atoms with Crippen molar-refractivity contribution in [2.24, 2.45) is 10.9 Å². The number of nitrogens with one attached hydrogen (secondary N) is 2. The normalized spacial score (nSPS) is 15.8. The quantitative estimate of drug-likeness (QED) is 0.0832. The molecule has 0 saturated carbocycles. The van der Waals surface area contributed by atoms with E-state index in [1.54, 1.807) is 24.0 Å². The van der Waals surface area contributed by atoms with Gasteiger partial charge in [-0.1, -0.05) is 29.4 Å². The second-order valence-corrected chi connectivity index (χ2v) is 10.1. The molecule has 0 aliphatic carbocycles. The van der Waals surface area contributed by atoms with Crippen LogP contribution < -0.4 is 16.4 Å². The summed E-state index contributed by atoms with van der Waals surface area (Å²) in [5.74, 6) is -2.83. The Labute approximate surface area is 232 Å². The summed E-state index contributed by atoms with van der Waals surface area (Å²) in [6.07, 6.45) is -1.38. The number of para-hydroxylation sites is 1. The van der Waals surface area contributed by atoms with Crippen LogP contribution in [0.25, 0.3) is 10.2 Å². The number of aromatic nitrogens is 1. The second kappa shape index (κ2) is 12.5. The Morgan fingerprint density at radius 3 is 2.33 bits per heavy atom. The van der Waals surface area contributed by atoms with Crippen LogP contribution in [0.5, 0.6) is 0 Å². The Balaban J connectivity index is 1.27. The van der Waals surface area contributed by atoms with E-state index in [2.05, 4.69) is 20.8 Å². The van der Waals surface area contributed by atoms with Crippen molar-refractivity contribution in [1.29, 1.82) is 0 Å². The van der Waals surface area contributed by atoms with Gasteiger partial charge >= 0.3 is 5.97 Å². The highest BCUT2D eigenvalue weighted by atomic mass is 32.1. The summed E-state index contributed by atoms with van der Waals surface area (Å²) in [7, 11) is 0. The lowest BCUT2D eigenvalue weighted by Gasteiger charge is -2.34. The van der Waals surface area contributed by atoms with Crippen LogP contribution in [-0.2, 0) is 14.3 Å². The van der Waals surface area contributed by atoms with Gasteiger partial charge in [-0.15, -0.1) is 11.3 Å². The molecule has 2 aromatic carbocycles. The highest BCUT2D eigenvalue weighted by Gasteiger charge is 2.31. The van der Waals surface area contributed by atoms with E-state index < -0.39 is 36.2 Å². The van der Waals surface area contributed by atoms with Gasteiger partial charge in [-0.05, 0) is 44.0 Å². The topological polar surface area (TPSA) is 197 Å². The lowest BCUT2D eigenvalue weighted by molar-refractivity contribution is -0.159. The number of rotatable bonds is 9. The number of fused-ring (bicyclic) bond motifs is 1. The Bertz CT molecular complexity index is 1400. The van der Waals surface area contributed by atoms with Crippen molar-refractivity contribution < 1.29 is 34.2 Å². The summed E-state index contributed by atoms with van der Waals surface area (Å²) in [6.45, 7) is 2.15. The lowest BCUT2D eigenvalue weighted by atomic mass is 10.1. The van der Waals surface area contributed by atoms with Crippen LogP contribution in [0.2, 0.25) is 0 Å². The van der Waals surface area contributed by atoms with Gasteiger partial charge < -0.3 is 36.3 Å². The zero-order chi connectivity index (χ0) is 28.8. The van der Waals surface area contributed by atoms with E-state index in [4.69, 9.17) is 15.7 Å². The van der Waals surface area contributed by atoms with Gasteiger partial charge in [-0.2, -0.15) is 0 Å². The SMILES string of the molecule is CC(NC(=O)c1ccc(/C(N)=N/O)cc1)C(=O)N1CCC(OC(NC(=O)c2nc3ccccc3s2)C(=O)O)CC1. The largest absolute Gasteiger partial charge is 0.478 e. The molecule has 0 spiro atoms. The first-order valence-electron chi connectivity index (χ1n) is 12.4. The Kier molecular flexibility index (Phi) is 8.91. The molecule has 1 fully saturated rings. The summed E-state index contributed by atoms with van der Waals surface area (Å²) < 4.78 is 6.47. The molecule has 14 heteroatoms. The monoisotopic (exact) mass is 568 g/mol. The van der Waals surface area contributed by atoms with Gasteiger partial charge in [0.2, 0.25) is 12.1 Å². The van der Waals surface area contributed by atoms with Crippen molar-refractivity contribution in [3.05, 3.63) is 64.7 Å². The Morgan fingerprint density at radius 2 is 1.70 bits per heavy atom. The van der Waals surface area contributed by atoms with Crippen molar-refractivity contribution in [1.82, 2.24) is 20.5 Å². The Morgan fingerprint density at radius 1 is 1.05 bits per heavy atom. The smallest absolute Gasteiger partial charge is 0.354 e. The van der Waals surface area contributed by atoms with Crippen molar-refractivity contribution in [2.45, 2.75) is 38.1 Å². The summed E-state index contributed by atoms with van der Waals surface area (Å²) in [4.78, 5) is 55.7. The predicted molar refractivity (Wildman–Crippen MR) is 145 cm³/mol. The number of aliphatic carboxylic acids is 1. The number of carbonyl (C=O) groups excluding carboxylic acids is 3. The summed E-state index contributed by atoms with van der Waals surface area (Å²) >= 11 is 1.15. The average molecular weight is 569 g/mol. The van der Waals surface area contributed by atoms with Crippen LogP contribution in [0.15, 0.2) is 53.7 Å². The van der Waals surface area contributed by atoms with E-state index in [-0.39, 0.29) is 29.8 Å². The molecule has 6 N–H and O–H groups in total. The molecule has 1 aromatic heterocycles. The molecule has 3 amide bonds. The fourth-order valence-electron chi connectivity index (χ4n) is 4.17. The number of ether oxygens (including phenoxy) is 1. The minimum Gasteiger partial charge on any atom is -0.478 e. The molecule has 13 nitrogen and oxygen atoms in total. The van der Waals surface area contributed by atoms with E-state index in [1.807, 2.05) is 12.1 Å². The van der Waals surface area contributed by atoms with Gasteiger partial charge in [-0.25, -0.2) is 9.78 Å². The predicted octanol–water partition coefficient (Wildman–Crippen LogP) is 1.36. The number of hydrogen-bond acceptors (Lipinski definition) is 9. The zero-order valence-electron chi connectivity index (χ0n) is 21.4. The summed E-state index contributed by atoms with van der Waals surface area (Å²) in [5.41, 5.74) is 6.91. The number of carboxylic acid groups (broad SMARTS) is 1. The van der Waals surface area contributed by atoms with E-state index >= 15 is 0 Å².